The number of halogens is 2. The van der Waals surface area contributed by atoms with Crippen LogP contribution in [0.2, 0.25) is 0 Å². The summed E-state index contributed by atoms with van der Waals surface area (Å²) in [6, 6.07) is 8.89. The highest BCUT2D eigenvalue weighted by atomic mass is 19.3. The molecule has 1 aliphatic rings. The Balaban J connectivity index is 1.78. The summed E-state index contributed by atoms with van der Waals surface area (Å²) in [4.78, 5) is 32.2. The molecule has 1 N–H and O–H groups in total. The molecule has 1 unspecified atom stereocenters. The van der Waals surface area contributed by atoms with Gasteiger partial charge in [0.2, 0.25) is 0 Å². The number of carbonyl (C=O) groups is 2. The number of nitrogens with zero attached hydrogens (tertiary/aromatic N) is 1. The van der Waals surface area contributed by atoms with Crippen molar-refractivity contribution >= 4 is 12.1 Å². The number of hydrogen-bond donors (Lipinski definition) is 1. The molecule has 1 amide bonds. The smallest absolute Gasteiger partial charge is 0.441 e. The number of carbonyl (C=O) groups excluding carboxylic acids is 1. The molecular weight excluding hydrogens is 328 g/mol. The summed E-state index contributed by atoms with van der Waals surface area (Å²) < 4.78 is 32.5. The third-order valence-corrected chi connectivity index (χ3v) is 3.40. The fraction of sp³-hybridized carbons (Fsp3) is 0.467. The summed E-state index contributed by atoms with van der Waals surface area (Å²) in [6.45, 7) is -1.79. The SMILES string of the molecule is O=C(O)COC1CCN(C(=O)OOCc2ccccc2)CC1(F)F. The number of benzene rings is 1. The normalized spacial score (nSPS) is 19.8. The van der Waals surface area contributed by atoms with Crippen molar-refractivity contribution < 1.29 is 38.0 Å². The molecule has 0 spiro atoms. The van der Waals surface area contributed by atoms with E-state index in [0.29, 0.717) is 0 Å². The van der Waals surface area contributed by atoms with Crippen molar-refractivity contribution in [2.75, 3.05) is 19.7 Å². The largest absolute Gasteiger partial charge is 0.480 e. The van der Waals surface area contributed by atoms with Crippen molar-refractivity contribution in [2.45, 2.75) is 25.1 Å². The van der Waals surface area contributed by atoms with Crippen LogP contribution < -0.4 is 0 Å². The third kappa shape index (κ3) is 5.14. The number of rotatable bonds is 6. The highest BCUT2D eigenvalue weighted by Crippen LogP contribution is 2.30. The van der Waals surface area contributed by atoms with Crippen molar-refractivity contribution in [3.8, 4) is 0 Å². The quantitative estimate of drug-likeness (QED) is 0.627. The summed E-state index contributed by atoms with van der Waals surface area (Å²) in [5, 5.41) is 8.47. The number of alkyl halides is 2. The van der Waals surface area contributed by atoms with Crippen LogP contribution in [0.4, 0.5) is 13.6 Å². The average Bonchev–Trinajstić information content (AvgIpc) is 2.53. The standard InChI is InChI=1S/C15H17F2NO6/c16-15(17)10-18(7-6-12(15)22-9-13(19)20)14(21)24-23-8-11-4-2-1-3-5-11/h1-5,12H,6-10H2,(H,19,20). The molecule has 1 aromatic carbocycles. The Kier molecular flexibility index (Phi) is 6.04. The zero-order chi connectivity index (χ0) is 17.6. The van der Waals surface area contributed by atoms with Gasteiger partial charge in [0.25, 0.3) is 5.92 Å². The van der Waals surface area contributed by atoms with E-state index in [1.807, 2.05) is 6.07 Å². The molecule has 0 aromatic heterocycles. The Morgan fingerprint density at radius 1 is 1.29 bits per heavy atom. The summed E-state index contributed by atoms with van der Waals surface area (Å²) >= 11 is 0. The predicted molar refractivity (Wildman–Crippen MR) is 76.2 cm³/mol. The van der Waals surface area contributed by atoms with E-state index in [9.17, 15) is 18.4 Å². The summed E-state index contributed by atoms with van der Waals surface area (Å²) in [7, 11) is 0. The minimum Gasteiger partial charge on any atom is -0.480 e. The number of ether oxygens (including phenoxy) is 1. The van der Waals surface area contributed by atoms with Gasteiger partial charge in [0.05, 0.1) is 6.54 Å². The molecule has 1 heterocycles. The highest BCUT2D eigenvalue weighted by Gasteiger charge is 2.47. The number of carboxylic acid groups (broad SMARTS) is 1. The zero-order valence-electron chi connectivity index (χ0n) is 12.7. The van der Waals surface area contributed by atoms with Gasteiger partial charge >= 0.3 is 12.1 Å². The molecule has 0 saturated carbocycles. The molecule has 1 aromatic rings. The van der Waals surface area contributed by atoms with Crippen LogP contribution in [0.3, 0.4) is 0 Å². The number of piperidine rings is 1. The van der Waals surface area contributed by atoms with Crippen LogP contribution in [-0.4, -0.2) is 53.8 Å². The molecule has 7 nitrogen and oxygen atoms in total. The number of aliphatic carboxylic acids is 1. The molecule has 2 rings (SSSR count). The Morgan fingerprint density at radius 3 is 2.62 bits per heavy atom. The third-order valence-electron chi connectivity index (χ3n) is 3.40. The lowest BCUT2D eigenvalue weighted by Gasteiger charge is -2.36. The van der Waals surface area contributed by atoms with Crippen molar-refractivity contribution in [3.63, 3.8) is 0 Å². The van der Waals surface area contributed by atoms with Gasteiger partial charge in [-0.3, -0.25) is 9.79 Å². The molecule has 9 heteroatoms. The van der Waals surface area contributed by atoms with Crippen LogP contribution in [0.5, 0.6) is 0 Å². The molecule has 1 saturated heterocycles. The molecule has 0 radical (unpaired) electrons. The van der Waals surface area contributed by atoms with Gasteiger partial charge in [-0.15, -0.1) is 0 Å². The van der Waals surface area contributed by atoms with Gasteiger partial charge in [0.1, 0.15) is 19.3 Å². The number of amides is 1. The van der Waals surface area contributed by atoms with Gasteiger partial charge in [-0.25, -0.2) is 18.4 Å². The molecule has 1 aliphatic heterocycles. The van der Waals surface area contributed by atoms with Crippen LogP contribution in [0, 0.1) is 0 Å². The molecule has 132 valence electrons. The first-order chi connectivity index (χ1) is 11.4. The molecule has 0 bridgehead atoms. The number of hydrogen-bond acceptors (Lipinski definition) is 5. The number of likely N-dealkylation sites (tertiary alicyclic amines) is 1. The molecule has 1 fully saturated rings. The van der Waals surface area contributed by atoms with Crippen molar-refractivity contribution in [1.82, 2.24) is 4.90 Å². The van der Waals surface area contributed by atoms with Gasteiger partial charge in [-0.2, -0.15) is 4.89 Å². The average molecular weight is 345 g/mol. The Labute approximate surface area is 136 Å². The minimum absolute atomic E-state index is 0.00115. The highest BCUT2D eigenvalue weighted by molar-refractivity contribution is 5.68. The van der Waals surface area contributed by atoms with Crippen LogP contribution >= 0.6 is 0 Å². The lowest BCUT2D eigenvalue weighted by Crippen LogP contribution is -2.54. The maximum atomic E-state index is 13.9. The maximum absolute atomic E-state index is 13.9. The first kappa shape index (κ1) is 18.1. The van der Waals surface area contributed by atoms with E-state index in [0.717, 1.165) is 10.5 Å². The van der Waals surface area contributed by atoms with Crippen molar-refractivity contribution in [3.05, 3.63) is 35.9 Å². The molecule has 24 heavy (non-hydrogen) atoms. The van der Waals surface area contributed by atoms with E-state index in [1.54, 1.807) is 24.3 Å². The Morgan fingerprint density at radius 2 is 2.00 bits per heavy atom. The molecule has 0 aliphatic carbocycles. The van der Waals surface area contributed by atoms with Gasteiger partial charge in [0, 0.05) is 6.54 Å². The lowest BCUT2D eigenvalue weighted by atomic mass is 10.0. The van der Waals surface area contributed by atoms with Crippen LogP contribution in [0.1, 0.15) is 12.0 Å². The van der Waals surface area contributed by atoms with E-state index in [1.165, 1.54) is 0 Å². The van der Waals surface area contributed by atoms with Gasteiger partial charge in [-0.1, -0.05) is 30.3 Å². The first-order valence-corrected chi connectivity index (χ1v) is 7.22. The Hall–Kier alpha value is -2.26. The first-order valence-electron chi connectivity index (χ1n) is 7.22. The van der Waals surface area contributed by atoms with Crippen LogP contribution in [0.15, 0.2) is 30.3 Å². The van der Waals surface area contributed by atoms with Crippen LogP contribution in [0.25, 0.3) is 0 Å². The van der Waals surface area contributed by atoms with E-state index in [-0.39, 0.29) is 19.6 Å². The second kappa shape index (κ2) is 8.02. The Bertz CT molecular complexity index is 568. The van der Waals surface area contributed by atoms with Crippen LogP contribution in [-0.2, 0) is 25.9 Å². The summed E-state index contributed by atoms with van der Waals surface area (Å²) in [6.07, 6.45) is -2.78. The van der Waals surface area contributed by atoms with Gasteiger partial charge in [-0.05, 0) is 12.0 Å². The van der Waals surface area contributed by atoms with Crippen molar-refractivity contribution in [1.29, 1.82) is 0 Å². The molecular formula is C15H17F2NO6. The van der Waals surface area contributed by atoms with Crippen molar-refractivity contribution in [2.24, 2.45) is 0 Å². The minimum atomic E-state index is -3.37. The van der Waals surface area contributed by atoms with E-state index < -0.39 is 37.2 Å². The topological polar surface area (TPSA) is 85.3 Å². The van der Waals surface area contributed by atoms with E-state index in [2.05, 4.69) is 9.62 Å². The van der Waals surface area contributed by atoms with Gasteiger partial charge < -0.3 is 9.84 Å². The summed E-state index contributed by atoms with van der Waals surface area (Å²) in [5.41, 5.74) is 0.761. The predicted octanol–water partition coefficient (Wildman–Crippen LogP) is 2.07. The zero-order valence-corrected chi connectivity index (χ0v) is 12.7. The van der Waals surface area contributed by atoms with Gasteiger partial charge in [0.15, 0.2) is 0 Å². The lowest BCUT2D eigenvalue weighted by molar-refractivity contribution is -0.261. The molecule has 1 atom stereocenters. The second-order valence-electron chi connectivity index (χ2n) is 5.26. The second-order valence-corrected chi connectivity index (χ2v) is 5.26. The maximum Gasteiger partial charge on any atom is 0.441 e. The monoisotopic (exact) mass is 345 g/mol. The number of carboxylic acids is 1. The van der Waals surface area contributed by atoms with E-state index in [4.69, 9.17) is 9.99 Å². The fourth-order valence-corrected chi connectivity index (χ4v) is 2.23. The fourth-order valence-electron chi connectivity index (χ4n) is 2.23. The summed E-state index contributed by atoms with van der Waals surface area (Å²) in [5.74, 6) is -4.70. The van der Waals surface area contributed by atoms with E-state index >= 15 is 0 Å².